The molecule has 136 valence electrons. The van der Waals surface area contributed by atoms with E-state index < -0.39 is 10.0 Å². The van der Waals surface area contributed by atoms with Gasteiger partial charge in [0.2, 0.25) is 0 Å². The third kappa shape index (κ3) is 3.53. The van der Waals surface area contributed by atoms with Gasteiger partial charge < -0.3 is 4.90 Å². The molecule has 0 heterocycles. The molecule has 3 aromatic rings. The second-order valence-corrected chi connectivity index (χ2v) is 7.90. The van der Waals surface area contributed by atoms with Crippen molar-refractivity contribution in [2.24, 2.45) is 0 Å². The zero-order valence-electron chi connectivity index (χ0n) is 15.4. The zero-order chi connectivity index (χ0) is 18.7. The molecule has 0 amide bonds. The first-order chi connectivity index (χ1) is 12.5. The molecule has 0 saturated heterocycles. The van der Waals surface area contributed by atoms with Crippen molar-refractivity contribution < 1.29 is 8.42 Å². The molecular weight excluding hydrogens is 344 g/mol. The normalized spacial score (nSPS) is 11.5. The molecule has 1 N–H and O–H groups in total. The van der Waals surface area contributed by atoms with Gasteiger partial charge in [-0.25, -0.2) is 8.42 Å². The maximum absolute atomic E-state index is 12.9. The molecule has 0 aliphatic carbocycles. The van der Waals surface area contributed by atoms with Crippen LogP contribution in [0.25, 0.3) is 10.8 Å². The molecule has 4 nitrogen and oxygen atoms in total. The largest absolute Gasteiger partial charge is 0.372 e. The number of nitrogens with zero attached hydrogens (tertiary/aromatic N) is 1. The number of benzene rings is 3. The molecule has 0 saturated carbocycles. The quantitative estimate of drug-likeness (QED) is 0.680. The Hall–Kier alpha value is -2.53. The van der Waals surface area contributed by atoms with Crippen LogP contribution in [0.2, 0.25) is 0 Å². The first-order valence-electron chi connectivity index (χ1n) is 8.82. The molecule has 3 rings (SSSR count). The van der Waals surface area contributed by atoms with Crippen LogP contribution in [-0.2, 0) is 10.0 Å². The Bertz CT molecular complexity index is 1010. The fourth-order valence-corrected chi connectivity index (χ4v) is 4.49. The van der Waals surface area contributed by atoms with Crippen LogP contribution in [0.5, 0.6) is 0 Å². The second kappa shape index (κ2) is 7.38. The summed E-state index contributed by atoms with van der Waals surface area (Å²) >= 11 is 0. The van der Waals surface area contributed by atoms with E-state index in [0.29, 0.717) is 10.6 Å². The number of hydrogen-bond donors (Lipinski definition) is 1. The summed E-state index contributed by atoms with van der Waals surface area (Å²) in [6.45, 7) is 8.01. The molecule has 0 aromatic heterocycles. The van der Waals surface area contributed by atoms with E-state index in [1.54, 1.807) is 12.1 Å². The van der Waals surface area contributed by atoms with Gasteiger partial charge in [-0.15, -0.1) is 0 Å². The standard InChI is InChI=1S/C21H24N2O2S/c1-4-23(5-2)18-14-12-17(13-15-18)22-26(24,25)21-11-7-9-19-16(3)8-6-10-20(19)21/h6-15,22H,4-5H2,1-3H3. The average molecular weight is 369 g/mol. The molecule has 0 aliphatic heterocycles. The van der Waals surface area contributed by atoms with Gasteiger partial charge in [-0.3, -0.25) is 4.72 Å². The van der Waals surface area contributed by atoms with Gasteiger partial charge in [-0.1, -0.05) is 30.3 Å². The van der Waals surface area contributed by atoms with Crippen LogP contribution in [0.4, 0.5) is 11.4 Å². The van der Waals surface area contributed by atoms with Crippen LogP contribution in [0.3, 0.4) is 0 Å². The van der Waals surface area contributed by atoms with Gasteiger partial charge in [0, 0.05) is 29.9 Å². The molecule has 0 aliphatic rings. The lowest BCUT2D eigenvalue weighted by atomic mass is 10.1. The summed E-state index contributed by atoms with van der Waals surface area (Å²) < 4.78 is 28.6. The molecule has 0 unspecified atom stereocenters. The third-order valence-electron chi connectivity index (χ3n) is 4.64. The van der Waals surface area contributed by atoms with Crippen molar-refractivity contribution in [1.82, 2.24) is 0 Å². The molecule has 0 bridgehead atoms. The monoisotopic (exact) mass is 368 g/mol. The van der Waals surface area contributed by atoms with Gasteiger partial charge in [0.1, 0.15) is 0 Å². The lowest BCUT2D eigenvalue weighted by molar-refractivity contribution is 0.602. The Labute approximate surface area is 155 Å². The van der Waals surface area contributed by atoms with E-state index in [0.717, 1.165) is 35.1 Å². The van der Waals surface area contributed by atoms with Gasteiger partial charge in [0.15, 0.2) is 0 Å². The van der Waals surface area contributed by atoms with Crippen molar-refractivity contribution >= 4 is 32.2 Å². The highest BCUT2D eigenvalue weighted by Gasteiger charge is 2.18. The van der Waals surface area contributed by atoms with Crippen LogP contribution in [0, 0.1) is 6.92 Å². The van der Waals surface area contributed by atoms with Gasteiger partial charge in [-0.05, 0) is 62.1 Å². The van der Waals surface area contributed by atoms with Crippen molar-refractivity contribution in [3.8, 4) is 0 Å². The Morgan fingerprint density at radius 2 is 1.46 bits per heavy atom. The number of anilines is 2. The first kappa shape index (κ1) is 18.3. The van der Waals surface area contributed by atoms with Crippen molar-refractivity contribution in [2.75, 3.05) is 22.7 Å². The molecule has 0 spiro atoms. The Kier molecular flexibility index (Phi) is 5.18. The van der Waals surface area contributed by atoms with Gasteiger partial charge in [0.05, 0.1) is 4.90 Å². The van der Waals surface area contributed by atoms with Crippen LogP contribution in [0.1, 0.15) is 19.4 Å². The van der Waals surface area contributed by atoms with Crippen LogP contribution >= 0.6 is 0 Å². The predicted octanol–water partition coefficient (Wildman–Crippen LogP) is 4.80. The lowest BCUT2D eigenvalue weighted by Crippen LogP contribution is -2.21. The van der Waals surface area contributed by atoms with Crippen LogP contribution < -0.4 is 9.62 Å². The number of fused-ring (bicyclic) bond motifs is 1. The van der Waals surface area contributed by atoms with Crippen LogP contribution in [-0.4, -0.2) is 21.5 Å². The molecule has 26 heavy (non-hydrogen) atoms. The lowest BCUT2D eigenvalue weighted by Gasteiger charge is -2.21. The topological polar surface area (TPSA) is 49.4 Å². The first-order valence-corrected chi connectivity index (χ1v) is 10.3. The SMILES string of the molecule is CCN(CC)c1ccc(NS(=O)(=O)c2cccc3c(C)cccc23)cc1. The average Bonchev–Trinajstić information content (AvgIpc) is 2.64. The summed E-state index contributed by atoms with van der Waals surface area (Å²) in [5, 5.41) is 1.69. The summed E-state index contributed by atoms with van der Waals surface area (Å²) in [7, 11) is -3.66. The predicted molar refractivity (Wildman–Crippen MR) is 109 cm³/mol. The van der Waals surface area contributed by atoms with E-state index in [2.05, 4.69) is 23.5 Å². The minimum Gasteiger partial charge on any atom is -0.372 e. The fourth-order valence-electron chi connectivity index (χ4n) is 3.21. The summed E-state index contributed by atoms with van der Waals surface area (Å²) in [5.74, 6) is 0. The molecular formula is C21H24N2O2S. The fraction of sp³-hybridized carbons (Fsp3) is 0.238. The highest BCUT2D eigenvalue weighted by atomic mass is 32.2. The number of nitrogens with one attached hydrogen (secondary N) is 1. The van der Waals surface area contributed by atoms with Crippen molar-refractivity contribution in [1.29, 1.82) is 0 Å². The smallest absolute Gasteiger partial charge is 0.262 e. The van der Waals surface area contributed by atoms with E-state index in [4.69, 9.17) is 0 Å². The highest BCUT2D eigenvalue weighted by molar-refractivity contribution is 7.93. The van der Waals surface area contributed by atoms with E-state index in [-0.39, 0.29) is 0 Å². The molecule has 0 fully saturated rings. The van der Waals surface area contributed by atoms with E-state index in [9.17, 15) is 8.42 Å². The van der Waals surface area contributed by atoms with Gasteiger partial charge >= 0.3 is 0 Å². The molecule has 0 atom stereocenters. The molecule has 5 heteroatoms. The second-order valence-electron chi connectivity index (χ2n) is 6.25. The van der Waals surface area contributed by atoms with Gasteiger partial charge in [0.25, 0.3) is 10.0 Å². The van der Waals surface area contributed by atoms with E-state index in [1.165, 1.54) is 0 Å². The van der Waals surface area contributed by atoms with E-state index in [1.807, 2.05) is 55.5 Å². The highest BCUT2D eigenvalue weighted by Crippen LogP contribution is 2.27. The van der Waals surface area contributed by atoms with Crippen molar-refractivity contribution in [3.63, 3.8) is 0 Å². The number of hydrogen-bond acceptors (Lipinski definition) is 3. The minimum atomic E-state index is -3.66. The Morgan fingerprint density at radius 1 is 0.846 bits per heavy atom. The Morgan fingerprint density at radius 3 is 2.12 bits per heavy atom. The van der Waals surface area contributed by atoms with E-state index >= 15 is 0 Å². The summed E-state index contributed by atoms with van der Waals surface area (Å²) in [6, 6.07) is 18.6. The summed E-state index contributed by atoms with van der Waals surface area (Å²) in [4.78, 5) is 2.51. The number of rotatable bonds is 6. The van der Waals surface area contributed by atoms with Gasteiger partial charge in [-0.2, -0.15) is 0 Å². The van der Waals surface area contributed by atoms with Crippen LogP contribution in [0.15, 0.2) is 65.6 Å². The Balaban J connectivity index is 1.94. The summed E-state index contributed by atoms with van der Waals surface area (Å²) in [5.41, 5.74) is 2.70. The van der Waals surface area contributed by atoms with Crippen molar-refractivity contribution in [2.45, 2.75) is 25.7 Å². The maximum atomic E-state index is 12.9. The third-order valence-corrected chi connectivity index (χ3v) is 6.08. The van der Waals surface area contributed by atoms with Crippen molar-refractivity contribution in [3.05, 3.63) is 66.2 Å². The summed E-state index contributed by atoms with van der Waals surface area (Å²) in [6.07, 6.45) is 0. The number of aryl methyl sites for hydroxylation is 1. The minimum absolute atomic E-state index is 0.298. The maximum Gasteiger partial charge on any atom is 0.262 e. The molecule has 3 aromatic carbocycles. The number of sulfonamides is 1. The zero-order valence-corrected chi connectivity index (χ0v) is 16.2. The molecule has 0 radical (unpaired) electrons.